The molecule has 2 saturated heterocycles. The Balaban J connectivity index is 1.66. The van der Waals surface area contributed by atoms with E-state index in [2.05, 4.69) is 10.6 Å². The molecular weight excluding hydrogens is 418 g/mol. The fraction of sp³-hybridized carbons (Fsp3) is 0.556. The van der Waals surface area contributed by atoms with Gasteiger partial charge in [0, 0.05) is 31.7 Å². The van der Waals surface area contributed by atoms with Crippen molar-refractivity contribution < 1.29 is 26.4 Å². The van der Waals surface area contributed by atoms with E-state index in [4.69, 9.17) is 0 Å². The largest absolute Gasteiger partial charge is 0.352 e. The van der Waals surface area contributed by atoms with Crippen LogP contribution in [0, 0.1) is 5.92 Å². The van der Waals surface area contributed by atoms with E-state index in [1.807, 2.05) is 0 Å². The van der Waals surface area contributed by atoms with E-state index in [0.29, 0.717) is 31.5 Å². The highest BCUT2D eigenvalue weighted by molar-refractivity contribution is 7.91. The predicted molar refractivity (Wildman–Crippen MR) is 107 cm³/mol. The summed E-state index contributed by atoms with van der Waals surface area (Å²) in [6, 6.07) is 5.48. The monoisotopic (exact) mass is 443 g/mol. The molecule has 3 rings (SSSR count). The maximum Gasteiger partial charge on any atom is 0.243 e. The molecule has 2 fully saturated rings. The van der Waals surface area contributed by atoms with Crippen molar-refractivity contribution in [2.24, 2.45) is 5.92 Å². The van der Waals surface area contributed by atoms with Gasteiger partial charge in [0.05, 0.1) is 22.3 Å². The summed E-state index contributed by atoms with van der Waals surface area (Å²) in [5.74, 6) is -1.06. The molecule has 0 saturated carbocycles. The zero-order valence-corrected chi connectivity index (χ0v) is 17.8. The van der Waals surface area contributed by atoms with Gasteiger partial charge >= 0.3 is 0 Å². The first-order chi connectivity index (χ1) is 13.6. The van der Waals surface area contributed by atoms with E-state index in [-0.39, 0.29) is 34.8 Å². The zero-order chi connectivity index (χ0) is 21.2. The molecule has 2 N–H and O–H groups in total. The summed E-state index contributed by atoms with van der Waals surface area (Å²) in [4.78, 5) is 23.7. The average Bonchev–Trinajstić information content (AvgIpc) is 3.00. The maximum absolute atomic E-state index is 12.9. The van der Waals surface area contributed by atoms with Crippen LogP contribution in [0.5, 0.6) is 0 Å². The number of hydrogen-bond donors (Lipinski definition) is 2. The van der Waals surface area contributed by atoms with Crippen LogP contribution < -0.4 is 10.6 Å². The van der Waals surface area contributed by atoms with Gasteiger partial charge in [-0.3, -0.25) is 9.59 Å². The molecule has 2 amide bonds. The second-order valence-corrected chi connectivity index (χ2v) is 11.7. The minimum atomic E-state index is -3.77. The summed E-state index contributed by atoms with van der Waals surface area (Å²) in [5.41, 5.74) is 0.499. The smallest absolute Gasteiger partial charge is 0.243 e. The Labute approximate surface area is 170 Å². The summed E-state index contributed by atoms with van der Waals surface area (Å²) >= 11 is 0. The molecule has 2 aliphatic rings. The molecule has 0 radical (unpaired) electrons. The fourth-order valence-corrected chi connectivity index (χ4v) is 6.86. The molecule has 29 heavy (non-hydrogen) atoms. The van der Waals surface area contributed by atoms with Gasteiger partial charge in [-0.25, -0.2) is 16.8 Å². The summed E-state index contributed by atoms with van der Waals surface area (Å²) in [7, 11) is -6.88. The van der Waals surface area contributed by atoms with Crippen molar-refractivity contribution in [1.82, 2.24) is 9.62 Å². The third-order valence-electron chi connectivity index (χ3n) is 5.15. The molecular formula is C18H25N3O6S2. The highest BCUT2D eigenvalue weighted by Crippen LogP contribution is 2.25. The van der Waals surface area contributed by atoms with Crippen molar-refractivity contribution in [3.8, 4) is 0 Å². The number of hydrogen-bond acceptors (Lipinski definition) is 6. The van der Waals surface area contributed by atoms with Crippen LogP contribution in [0.2, 0.25) is 0 Å². The van der Waals surface area contributed by atoms with Gasteiger partial charge in [0.1, 0.15) is 0 Å². The third-order valence-corrected chi connectivity index (χ3v) is 8.79. The molecule has 0 bridgehead atoms. The van der Waals surface area contributed by atoms with Crippen molar-refractivity contribution in [3.63, 3.8) is 0 Å². The van der Waals surface area contributed by atoms with Gasteiger partial charge < -0.3 is 10.6 Å². The minimum absolute atomic E-state index is 0.0566. The number of carbonyl (C=O) groups is 2. The Morgan fingerprint density at radius 3 is 2.41 bits per heavy atom. The number of carbonyl (C=O) groups excluding carboxylic acids is 2. The second kappa shape index (κ2) is 8.41. The average molecular weight is 444 g/mol. The molecule has 1 aromatic rings. The summed E-state index contributed by atoms with van der Waals surface area (Å²) in [5, 5.41) is 5.34. The number of sulfone groups is 1. The van der Waals surface area contributed by atoms with Gasteiger partial charge in [-0.2, -0.15) is 4.31 Å². The number of piperidine rings is 1. The zero-order valence-electron chi connectivity index (χ0n) is 16.1. The molecule has 0 aliphatic carbocycles. The van der Waals surface area contributed by atoms with Crippen LogP contribution in [0.25, 0.3) is 0 Å². The molecule has 1 aromatic carbocycles. The van der Waals surface area contributed by atoms with E-state index in [1.54, 1.807) is 0 Å². The van der Waals surface area contributed by atoms with Crippen molar-refractivity contribution in [2.45, 2.75) is 37.1 Å². The highest BCUT2D eigenvalue weighted by Gasteiger charge is 2.35. The number of anilines is 1. The number of rotatable bonds is 5. The van der Waals surface area contributed by atoms with E-state index >= 15 is 0 Å². The number of amides is 2. The predicted octanol–water partition coefficient (Wildman–Crippen LogP) is 0.349. The number of benzene rings is 1. The third kappa shape index (κ3) is 5.34. The second-order valence-electron chi connectivity index (χ2n) is 7.52. The summed E-state index contributed by atoms with van der Waals surface area (Å²) < 4.78 is 50.3. The van der Waals surface area contributed by atoms with Crippen LogP contribution >= 0.6 is 0 Å². The van der Waals surface area contributed by atoms with Crippen LogP contribution in [0.3, 0.4) is 0 Å². The van der Waals surface area contributed by atoms with Gasteiger partial charge in [0.2, 0.25) is 21.8 Å². The van der Waals surface area contributed by atoms with Crippen LogP contribution in [0.1, 0.15) is 26.2 Å². The molecule has 0 spiro atoms. The van der Waals surface area contributed by atoms with Gasteiger partial charge in [0.25, 0.3) is 0 Å². The van der Waals surface area contributed by atoms with Gasteiger partial charge in [-0.15, -0.1) is 0 Å². The first-order valence-electron chi connectivity index (χ1n) is 9.45. The lowest BCUT2D eigenvalue weighted by atomic mass is 9.98. The SMILES string of the molecule is CC(=O)Nc1ccc(S(=O)(=O)N2CCC[C@H](C(=O)N[C@@H]3CCS(=O)(=O)C3)C2)cc1. The van der Waals surface area contributed by atoms with Crippen LogP contribution in [-0.4, -0.2) is 63.6 Å². The van der Waals surface area contributed by atoms with Crippen molar-refractivity contribution in [1.29, 1.82) is 0 Å². The Morgan fingerprint density at radius 1 is 1.14 bits per heavy atom. The minimum Gasteiger partial charge on any atom is -0.352 e. The van der Waals surface area contributed by atoms with Crippen LogP contribution in [0.4, 0.5) is 5.69 Å². The quantitative estimate of drug-likeness (QED) is 0.675. The molecule has 2 heterocycles. The molecule has 11 heteroatoms. The molecule has 2 atom stereocenters. The fourth-order valence-electron chi connectivity index (χ4n) is 3.67. The highest BCUT2D eigenvalue weighted by atomic mass is 32.2. The molecule has 0 aromatic heterocycles. The van der Waals surface area contributed by atoms with Crippen molar-refractivity contribution in [2.75, 3.05) is 29.9 Å². The molecule has 9 nitrogen and oxygen atoms in total. The number of sulfonamides is 1. The normalized spacial score (nSPS) is 24.7. The number of nitrogens with one attached hydrogen (secondary N) is 2. The Bertz CT molecular complexity index is 989. The van der Waals surface area contributed by atoms with Crippen molar-refractivity contribution >= 4 is 37.4 Å². The van der Waals surface area contributed by atoms with Gasteiger partial charge in [-0.1, -0.05) is 0 Å². The summed E-state index contributed by atoms with van der Waals surface area (Å²) in [6.07, 6.45) is 1.49. The first-order valence-corrected chi connectivity index (χ1v) is 12.7. The lowest BCUT2D eigenvalue weighted by Crippen LogP contribution is -2.47. The lowest BCUT2D eigenvalue weighted by molar-refractivity contribution is -0.126. The molecule has 2 aliphatic heterocycles. The molecule has 160 valence electrons. The van der Waals surface area contributed by atoms with E-state index < -0.39 is 31.8 Å². The Hall–Kier alpha value is -1.98. The van der Waals surface area contributed by atoms with Crippen LogP contribution in [0.15, 0.2) is 29.2 Å². The summed E-state index contributed by atoms with van der Waals surface area (Å²) in [6.45, 7) is 1.74. The van der Waals surface area contributed by atoms with Crippen molar-refractivity contribution in [3.05, 3.63) is 24.3 Å². The lowest BCUT2D eigenvalue weighted by Gasteiger charge is -2.31. The topological polar surface area (TPSA) is 130 Å². The van der Waals surface area contributed by atoms with Gasteiger partial charge in [-0.05, 0) is 43.5 Å². The van der Waals surface area contributed by atoms with E-state index in [0.717, 1.165) is 0 Å². The standard InChI is InChI=1S/C18H25N3O6S2/c1-13(22)19-15-4-6-17(7-5-15)29(26,27)21-9-2-3-14(11-21)18(23)20-16-8-10-28(24,25)12-16/h4-7,14,16H,2-3,8-12H2,1H3,(H,19,22)(H,20,23)/t14-,16+/m0/s1. The molecule has 0 unspecified atom stereocenters. The van der Waals surface area contributed by atoms with Crippen LogP contribution in [-0.2, 0) is 29.4 Å². The first kappa shape index (κ1) is 21.7. The number of nitrogens with zero attached hydrogens (tertiary/aromatic N) is 1. The van der Waals surface area contributed by atoms with E-state index in [1.165, 1.54) is 35.5 Å². The Kier molecular flexibility index (Phi) is 6.30. The van der Waals surface area contributed by atoms with Gasteiger partial charge in [0.15, 0.2) is 9.84 Å². The Morgan fingerprint density at radius 2 is 1.83 bits per heavy atom. The van der Waals surface area contributed by atoms with E-state index in [9.17, 15) is 26.4 Å². The maximum atomic E-state index is 12.9.